The van der Waals surface area contributed by atoms with Crippen molar-refractivity contribution < 1.29 is 60.6 Å². The third kappa shape index (κ3) is 15.7. The Labute approximate surface area is 83.0 Å². The molecule has 2 N–H and O–H groups in total. The molecule has 10 heavy (non-hydrogen) atoms. The molecule has 2 radical (unpaired) electrons. The normalized spacial score (nSPS) is 7.60. The molecule has 0 fully saturated rings. The summed E-state index contributed by atoms with van der Waals surface area (Å²) in [6.45, 7) is 0. The van der Waals surface area contributed by atoms with Crippen molar-refractivity contribution in [2.24, 2.45) is 10.2 Å². The SMILES string of the molecule is O=C(O)/N=N/C(=O)O.[Re].[Re]. The number of nitrogens with zero attached hydrogens (tertiary/aromatic N) is 2. The van der Waals surface area contributed by atoms with Gasteiger partial charge in [-0.3, -0.25) is 0 Å². The van der Waals surface area contributed by atoms with Crippen LogP contribution in [0.15, 0.2) is 10.2 Å². The van der Waals surface area contributed by atoms with E-state index in [0.717, 1.165) is 0 Å². The van der Waals surface area contributed by atoms with Gasteiger partial charge >= 0.3 is 12.2 Å². The molecule has 0 bridgehead atoms. The molecular formula is C2H2N2O4Re2. The number of hydrogen-bond donors (Lipinski definition) is 2. The molecule has 0 saturated heterocycles. The minimum absolute atomic E-state index is 0. The zero-order chi connectivity index (χ0) is 6.57. The van der Waals surface area contributed by atoms with Crippen LogP contribution in [0.5, 0.6) is 0 Å². The second-order valence-electron chi connectivity index (χ2n) is 0.765. The second-order valence-corrected chi connectivity index (χ2v) is 0.765. The molecule has 0 aromatic rings. The van der Waals surface area contributed by atoms with Crippen LogP contribution in [0.1, 0.15) is 0 Å². The van der Waals surface area contributed by atoms with Gasteiger partial charge in [-0.15, -0.1) is 0 Å². The van der Waals surface area contributed by atoms with Gasteiger partial charge in [0, 0.05) is 40.8 Å². The van der Waals surface area contributed by atoms with Crippen LogP contribution in [0.25, 0.3) is 0 Å². The Morgan fingerprint density at radius 2 is 1.10 bits per heavy atom. The molecule has 0 aliphatic carbocycles. The maximum Gasteiger partial charge on any atom is 0.450 e. The summed E-state index contributed by atoms with van der Waals surface area (Å²) in [5.41, 5.74) is 0. The average Bonchev–Trinajstić information content (AvgIpc) is 1.61. The van der Waals surface area contributed by atoms with Gasteiger partial charge in [0.25, 0.3) is 0 Å². The van der Waals surface area contributed by atoms with E-state index in [9.17, 15) is 9.59 Å². The number of azo groups is 1. The zero-order valence-corrected chi connectivity index (χ0v) is 9.79. The van der Waals surface area contributed by atoms with E-state index in [0.29, 0.717) is 0 Å². The zero-order valence-electron chi connectivity index (χ0n) is 4.36. The van der Waals surface area contributed by atoms with Gasteiger partial charge < -0.3 is 10.2 Å². The fraction of sp³-hybridized carbons (Fsp3) is 0. The number of carbonyl (C=O) groups is 2. The Balaban J connectivity index is -0.000000245. The third-order valence-corrected chi connectivity index (χ3v) is 0.221. The molecule has 0 aliphatic rings. The summed E-state index contributed by atoms with van der Waals surface area (Å²) < 4.78 is 0. The van der Waals surface area contributed by atoms with Gasteiger partial charge in [0.05, 0.1) is 0 Å². The van der Waals surface area contributed by atoms with Crippen LogP contribution < -0.4 is 0 Å². The van der Waals surface area contributed by atoms with E-state index >= 15 is 0 Å². The van der Waals surface area contributed by atoms with Crippen molar-refractivity contribution in [1.29, 1.82) is 0 Å². The van der Waals surface area contributed by atoms with Gasteiger partial charge in [-0.25, -0.2) is 9.59 Å². The van der Waals surface area contributed by atoms with Gasteiger partial charge in [-0.1, -0.05) is 10.2 Å². The first kappa shape index (κ1) is 16.5. The fourth-order valence-electron chi connectivity index (χ4n) is 0.0855. The smallest absolute Gasteiger partial charge is 0.450 e. The number of hydrogen-bond acceptors (Lipinski definition) is 2. The van der Waals surface area contributed by atoms with Crippen molar-refractivity contribution >= 4 is 12.2 Å². The van der Waals surface area contributed by atoms with Gasteiger partial charge in [-0.05, 0) is 0 Å². The first-order valence-corrected chi connectivity index (χ1v) is 1.50. The number of amides is 2. The molecular weight excluding hydrogens is 488 g/mol. The van der Waals surface area contributed by atoms with Crippen molar-refractivity contribution in [2.75, 3.05) is 0 Å². The first-order valence-electron chi connectivity index (χ1n) is 1.50. The van der Waals surface area contributed by atoms with Crippen LogP contribution in [0.4, 0.5) is 9.59 Å². The van der Waals surface area contributed by atoms with E-state index in [1.54, 1.807) is 0 Å². The Morgan fingerprint density at radius 3 is 1.20 bits per heavy atom. The summed E-state index contributed by atoms with van der Waals surface area (Å²) in [4.78, 5) is 18.8. The van der Waals surface area contributed by atoms with Crippen LogP contribution in [-0.4, -0.2) is 22.4 Å². The van der Waals surface area contributed by atoms with Gasteiger partial charge in [0.15, 0.2) is 0 Å². The van der Waals surface area contributed by atoms with Crippen molar-refractivity contribution in [3.05, 3.63) is 0 Å². The van der Waals surface area contributed by atoms with Crippen LogP contribution >= 0.6 is 0 Å². The molecule has 0 heterocycles. The molecule has 2 amide bonds. The summed E-state index contributed by atoms with van der Waals surface area (Å²) in [5, 5.41) is 19.8. The van der Waals surface area contributed by atoms with Crippen molar-refractivity contribution in [3.63, 3.8) is 0 Å². The molecule has 8 heteroatoms. The third-order valence-electron chi connectivity index (χ3n) is 0.221. The summed E-state index contributed by atoms with van der Waals surface area (Å²) >= 11 is 0. The van der Waals surface area contributed by atoms with E-state index in [1.807, 2.05) is 0 Å². The molecule has 0 aliphatic heterocycles. The second kappa shape index (κ2) is 8.86. The maximum atomic E-state index is 9.38. The Morgan fingerprint density at radius 1 is 0.900 bits per heavy atom. The largest absolute Gasteiger partial charge is 0.462 e. The van der Waals surface area contributed by atoms with Gasteiger partial charge in [0.2, 0.25) is 0 Å². The van der Waals surface area contributed by atoms with E-state index in [-0.39, 0.29) is 40.8 Å². The van der Waals surface area contributed by atoms with Crippen LogP contribution in [-0.2, 0) is 40.8 Å². The van der Waals surface area contributed by atoms with Crippen molar-refractivity contribution in [3.8, 4) is 0 Å². The molecule has 0 aromatic carbocycles. The Bertz CT molecular complexity index is 130. The fourth-order valence-corrected chi connectivity index (χ4v) is 0.0855. The molecule has 0 rings (SSSR count). The van der Waals surface area contributed by atoms with E-state index in [4.69, 9.17) is 10.2 Å². The molecule has 58 valence electrons. The van der Waals surface area contributed by atoms with Crippen molar-refractivity contribution in [2.45, 2.75) is 0 Å². The van der Waals surface area contributed by atoms with Crippen molar-refractivity contribution in [1.82, 2.24) is 0 Å². The summed E-state index contributed by atoms with van der Waals surface area (Å²) in [6.07, 6.45) is -3.24. The molecule has 0 atom stereocenters. The molecule has 6 nitrogen and oxygen atoms in total. The predicted octanol–water partition coefficient (Wildman–Crippen LogP) is 0.790. The van der Waals surface area contributed by atoms with E-state index in [2.05, 4.69) is 10.2 Å². The topological polar surface area (TPSA) is 99.3 Å². The number of carboxylic acid groups (broad SMARTS) is 2. The average molecular weight is 490 g/mol. The summed E-state index contributed by atoms with van der Waals surface area (Å²) in [7, 11) is 0. The minimum Gasteiger partial charge on any atom is -0.462 e. The first-order chi connectivity index (χ1) is 3.63. The minimum atomic E-state index is -1.62. The van der Waals surface area contributed by atoms with Crippen LogP contribution in [0.3, 0.4) is 0 Å². The Hall–Kier alpha value is -0.135. The van der Waals surface area contributed by atoms with E-state index in [1.165, 1.54) is 0 Å². The predicted molar refractivity (Wildman–Crippen MR) is 20.9 cm³/mol. The summed E-state index contributed by atoms with van der Waals surface area (Å²) in [5.74, 6) is 0. The maximum absolute atomic E-state index is 9.38. The van der Waals surface area contributed by atoms with E-state index < -0.39 is 12.2 Å². The quantitative estimate of drug-likeness (QED) is 0.491. The van der Waals surface area contributed by atoms with Crippen LogP contribution in [0, 0.1) is 0 Å². The Kier molecular flexibility index (Phi) is 14.6. The van der Waals surface area contributed by atoms with Gasteiger partial charge in [0.1, 0.15) is 0 Å². The molecule has 0 spiro atoms. The number of rotatable bonds is 0. The molecule has 0 unspecified atom stereocenters. The standard InChI is InChI=1S/C2H2N2O4.2Re/c5-1(6)3-4-2(7)8;;/h(H,5,6)(H,7,8);;/b4-3+;;. The molecule has 0 saturated carbocycles. The summed E-state index contributed by atoms with van der Waals surface area (Å²) in [6, 6.07) is 0. The molecule has 0 aromatic heterocycles. The van der Waals surface area contributed by atoms with Gasteiger partial charge in [-0.2, -0.15) is 0 Å². The van der Waals surface area contributed by atoms with Crippen LogP contribution in [0.2, 0.25) is 0 Å². The monoisotopic (exact) mass is 492 g/mol.